The number of aromatic amines is 1. The highest BCUT2D eigenvalue weighted by atomic mass is 32.1. The van der Waals surface area contributed by atoms with Crippen LogP contribution in [0.3, 0.4) is 0 Å². The zero-order valence-electron chi connectivity index (χ0n) is 17.7. The Morgan fingerprint density at radius 1 is 1.00 bits per heavy atom. The van der Waals surface area contributed by atoms with Crippen LogP contribution in [-0.4, -0.2) is 37.3 Å². The van der Waals surface area contributed by atoms with E-state index in [0.29, 0.717) is 29.6 Å². The topological polar surface area (TPSA) is 103 Å². The molecule has 5 aromatic rings. The third kappa shape index (κ3) is 4.58. The second-order valence-corrected chi connectivity index (χ2v) is 8.12. The Bertz CT molecular complexity index is 1380. The lowest BCUT2D eigenvalue weighted by molar-refractivity contribution is 0.103. The zero-order valence-corrected chi connectivity index (χ0v) is 18.5. The number of carbonyl (C=O) groups excluding carboxylic acids is 1. The lowest BCUT2D eigenvalue weighted by Crippen LogP contribution is -2.05. The monoisotopic (exact) mass is 457 g/mol. The van der Waals surface area contributed by atoms with Crippen LogP contribution in [-0.2, 0) is 6.42 Å². The molecule has 2 aromatic carbocycles. The molecular weight excluding hydrogens is 438 g/mol. The van der Waals surface area contributed by atoms with Crippen molar-refractivity contribution >= 4 is 28.2 Å². The van der Waals surface area contributed by atoms with Crippen LogP contribution < -0.4 is 9.47 Å². The first-order valence-electron chi connectivity index (χ1n) is 10.3. The number of hydrogen-bond donors (Lipinski definition) is 1. The maximum atomic E-state index is 12.8. The number of benzene rings is 2. The van der Waals surface area contributed by atoms with E-state index in [1.165, 1.54) is 11.1 Å². The number of aromatic nitrogens is 5. The fourth-order valence-corrected chi connectivity index (χ4v) is 4.03. The van der Waals surface area contributed by atoms with Gasteiger partial charge < -0.3 is 14.5 Å². The number of para-hydroxylation sites is 2. The Balaban J connectivity index is 1.26. The number of carbonyl (C=O) groups is 1. The number of ether oxygens (including phenoxy) is 2. The molecule has 8 nitrogen and oxygen atoms in total. The maximum Gasteiger partial charge on any atom is 0.283 e. The van der Waals surface area contributed by atoms with Gasteiger partial charge >= 0.3 is 0 Å². The first-order valence-corrected chi connectivity index (χ1v) is 11.2. The van der Waals surface area contributed by atoms with E-state index in [-0.39, 0.29) is 11.7 Å². The summed E-state index contributed by atoms with van der Waals surface area (Å²) in [5, 5.41) is 0. The number of H-pyrrole nitrogens is 1. The average Bonchev–Trinajstić information content (AvgIpc) is 3.46. The molecule has 0 saturated heterocycles. The van der Waals surface area contributed by atoms with Crippen LogP contribution >= 0.6 is 11.3 Å². The standard InChI is InChI=1S/C24H19N5O3S/c1-15-20(33-14-27-15)10-13-31-23-24(26-12-11-25-23)32-17-8-6-16(7-9-17)21(30)22-28-18-4-2-3-5-19(18)29-22/h2-9,11-12,14H,10,13H2,1H3,(H,28,29). The SMILES string of the molecule is Cc1ncsc1CCOc1nccnc1Oc1ccc(C(=O)c2nc3ccccc3[nH]2)cc1. The van der Waals surface area contributed by atoms with Crippen molar-refractivity contribution in [2.75, 3.05) is 6.61 Å². The van der Waals surface area contributed by atoms with E-state index in [4.69, 9.17) is 9.47 Å². The molecule has 0 aliphatic heterocycles. The molecule has 0 amide bonds. The number of aryl methyl sites for hydroxylation is 1. The van der Waals surface area contributed by atoms with E-state index in [1.54, 1.807) is 41.8 Å². The number of fused-ring (bicyclic) bond motifs is 1. The second kappa shape index (κ2) is 9.17. The molecule has 0 atom stereocenters. The summed E-state index contributed by atoms with van der Waals surface area (Å²) in [6.07, 6.45) is 3.81. The molecule has 9 heteroatoms. The molecular formula is C24H19N5O3S. The Hall–Kier alpha value is -4.11. The van der Waals surface area contributed by atoms with Gasteiger partial charge in [0.05, 0.1) is 28.8 Å². The molecule has 0 aliphatic carbocycles. The molecule has 0 spiro atoms. The molecule has 0 bridgehead atoms. The Morgan fingerprint density at radius 3 is 2.55 bits per heavy atom. The third-order valence-electron chi connectivity index (χ3n) is 4.98. The predicted octanol–water partition coefficient (Wildman–Crippen LogP) is 4.76. The van der Waals surface area contributed by atoms with Crippen molar-refractivity contribution in [3.63, 3.8) is 0 Å². The molecule has 3 aromatic heterocycles. The number of nitrogens with one attached hydrogen (secondary N) is 1. The number of ketones is 1. The van der Waals surface area contributed by atoms with Crippen molar-refractivity contribution < 1.29 is 14.3 Å². The Labute approximate surface area is 193 Å². The fourth-order valence-electron chi connectivity index (χ4n) is 3.27. The van der Waals surface area contributed by atoms with Crippen LogP contribution in [0.25, 0.3) is 11.0 Å². The van der Waals surface area contributed by atoms with Gasteiger partial charge in [-0.25, -0.2) is 19.9 Å². The Morgan fingerprint density at radius 2 is 1.79 bits per heavy atom. The van der Waals surface area contributed by atoms with E-state index in [2.05, 4.69) is 24.9 Å². The van der Waals surface area contributed by atoms with Crippen LogP contribution in [0.1, 0.15) is 26.8 Å². The van der Waals surface area contributed by atoms with E-state index < -0.39 is 0 Å². The van der Waals surface area contributed by atoms with Gasteiger partial charge in [0.25, 0.3) is 11.8 Å². The van der Waals surface area contributed by atoms with Crippen LogP contribution in [0.15, 0.2) is 66.4 Å². The van der Waals surface area contributed by atoms with Gasteiger partial charge in [-0.05, 0) is 43.3 Å². The minimum atomic E-state index is -0.195. The molecule has 0 aliphatic rings. The van der Waals surface area contributed by atoms with E-state index in [9.17, 15) is 4.79 Å². The van der Waals surface area contributed by atoms with Crippen molar-refractivity contribution in [2.45, 2.75) is 13.3 Å². The van der Waals surface area contributed by atoms with Crippen molar-refractivity contribution in [1.82, 2.24) is 24.9 Å². The second-order valence-electron chi connectivity index (χ2n) is 7.18. The summed E-state index contributed by atoms with van der Waals surface area (Å²) in [6.45, 7) is 2.41. The van der Waals surface area contributed by atoms with Crippen molar-refractivity contribution in [1.29, 1.82) is 0 Å². The van der Waals surface area contributed by atoms with Crippen LogP contribution in [0.5, 0.6) is 17.5 Å². The number of hydrogen-bond acceptors (Lipinski definition) is 8. The van der Waals surface area contributed by atoms with E-state index >= 15 is 0 Å². The van der Waals surface area contributed by atoms with E-state index in [0.717, 1.165) is 23.1 Å². The highest BCUT2D eigenvalue weighted by Crippen LogP contribution is 2.27. The van der Waals surface area contributed by atoms with Crippen LogP contribution in [0.4, 0.5) is 0 Å². The normalized spacial score (nSPS) is 10.9. The average molecular weight is 458 g/mol. The molecule has 164 valence electrons. The summed E-state index contributed by atoms with van der Waals surface area (Å²) in [4.78, 5) is 34.1. The third-order valence-corrected chi connectivity index (χ3v) is 5.98. The molecule has 0 saturated carbocycles. The summed E-state index contributed by atoms with van der Waals surface area (Å²) in [6, 6.07) is 14.3. The number of nitrogens with zero attached hydrogens (tertiary/aromatic N) is 4. The first-order chi connectivity index (χ1) is 16.2. The highest BCUT2D eigenvalue weighted by molar-refractivity contribution is 7.09. The lowest BCUT2D eigenvalue weighted by Gasteiger charge is -2.10. The quantitative estimate of drug-likeness (QED) is 0.335. The molecule has 3 heterocycles. The summed E-state index contributed by atoms with van der Waals surface area (Å²) in [5.74, 6) is 1.18. The molecule has 0 radical (unpaired) electrons. The van der Waals surface area contributed by atoms with Crippen molar-refractivity contribution in [3.8, 4) is 17.5 Å². The van der Waals surface area contributed by atoms with Crippen LogP contribution in [0, 0.1) is 6.92 Å². The number of imidazole rings is 1. The minimum Gasteiger partial charge on any atom is -0.473 e. The molecule has 5 rings (SSSR count). The van der Waals surface area contributed by atoms with Crippen molar-refractivity contribution in [3.05, 3.63) is 88.4 Å². The van der Waals surface area contributed by atoms with Gasteiger partial charge in [0, 0.05) is 29.3 Å². The fraction of sp³-hybridized carbons (Fsp3) is 0.125. The largest absolute Gasteiger partial charge is 0.473 e. The summed E-state index contributed by atoms with van der Waals surface area (Å²) in [5.41, 5.74) is 4.90. The van der Waals surface area contributed by atoms with Gasteiger partial charge in [0.1, 0.15) is 5.75 Å². The van der Waals surface area contributed by atoms with Gasteiger partial charge in [-0.1, -0.05) is 12.1 Å². The van der Waals surface area contributed by atoms with Gasteiger partial charge in [0.2, 0.25) is 5.78 Å². The summed E-state index contributed by atoms with van der Waals surface area (Å²) >= 11 is 1.60. The van der Waals surface area contributed by atoms with Gasteiger partial charge in [-0.2, -0.15) is 0 Å². The van der Waals surface area contributed by atoms with E-state index in [1.807, 2.05) is 36.7 Å². The molecule has 33 heavy (non-hydrogen) atoms. The molecule has 0 unspecified atom stereocenters. The first kappa shape index (κ1) is 20.8. The lowest BCUT2D eigenvalue weighted by atomic mass is 10.1. The summed E-state index contributed by atoms with van der Waals surface area (Å²) in [7, 11) is 0. The van der Waals surface area contributed by atoms with Gasteiger partial charge in [-0.3, -0.25) is 4.79 Å². The maximum absolute atomic E-state index is 12.8. The van der Waals surface area contributed by atoms with Gasteiger partial charge in [-0.15, -0.1) is 11.3 Å². The predicted molar refractivity (Wildman–Crippen MR) is 124 cm³/mol. The molecule has 1 N–H and O–H groups in total. The molecule has 0 fully saturated rings. The van der Waals surface area contributed by atoms with Crippen molar-refractivity contribution in [2.24, 2.45) is 0 Å². The summed E-state index contributed by atoms with van der Waals surface area (Å²) < 4.78 is 11.7. The highest BCUT2D eigenvalue weighted by Gasteiger charge is 2.15. The zero-order chi connectivity index (χ0) is 22.6. The number of rotatable bonds is 8. The number of thiazole rings is 1. The smallest absolute Gasteiger partial charge is 0.283 e. The Kier molecular flexibility index (Phi) is 5.77. The van der Waals surface area contributed by atoms with Gasteiger partial charge in [0.15, 0.2) is 5.82 Å². The van der Waals surface area contributed by atoms with Crippen LogP contribution in [0.2, 0.25) is 0 Å². The minimum absolute atomic E-state index is 0.195.